The zero-order valence-electron chi connectivity index (χ0n) is 11.2. The normalized spacial score (nSPS) is 12.9. The maximum absolute atomic E-state index is 11.8. The first-order chi connectivity index (χ1) is 8.86. The molecule has 1 aromatic rings. The topological polar surface area (TPSA) is 89.3 Å². The Kier molecular flexibility index (Phi) is 5.35. The highest BCUT2D eigenvalue weighted by molar-refractivity contribution is 7.92. The molecule has 0 saturated heterocycles. The summed E-state index contributed by atoms with van der Waals surface area (Å²) in [5.74, 6) is -0.481. The van der Waals surface area contributed by atoms with Crippen molar-refractivity contribution in [3.63, 3.8) is 0 Å². The second kappa shape index (κ2) is 6.56. The number of rotatable bonds is 6. The molecule has 0 radical (unpaired) electrons. The van der Waals surface area contributed by atoms with E-state index in [4.69, 9.17) is 5.73 Å². The van der Waals surface area contributed by atoms with Gasteiger partial charge in [-0.15, -0.1) is 0 Å². The van der Waals surface area contributed by atoms with Gasteiger partial charge in [-0.2, -0.15) is 0 Å². The van der Waals surface area contributed by atoms with Gasteiger partial charge in [0.15, 0.2) is 9.84 Å². The zero-order valence-corrected chi connectivity index (χ0v) is 12.0. The summed E-state index contributed by atoms with van der Waals surface area (Å²) in [6.45, 7) is 3.47. The highest BCUT2D eigenvalue weighted by atomic mass is 32.2. The molecule has 0 aliphatic rings. The van der Waals surface area contributed by atoms with Gasteiger partial charge in [0.1, 0.15) is 0 Å². The van der Waals surface area contributed by atoms with Crippen molar-refractivity contribution in [3.05, 3.63) is 24.3 Å². The molecule has 0 saturated carbocycles. The van der Waals surface area contributed by atoms with Crippen LogP contribution < -0.4 is 11.1 Å². The van der Waals surface area contributed by atoms with Crippen LogP contribution in [0.25, 0.3) is 0 Å². The third kappa shape index (κ3) is 4.55. The Bertz CT molecular complexity index is 541. The minimum atomic E-state index is -3.20. The van der Waals surface area contributed by atoms with Gasteiger partial charge in [0.2, 0.25) is 5.91 Å². The number of carbonyl (C=O) groups is 1. The Morgan fingerprint density at radius 3 is 2.58 bits per heavy atom. The molecule has 5 nitrogen and oxygen atoms in total. The molecule has 106 valence electrons. The monoisotopic (exact) mass is 284 g/mol. The quantitative estimate of drug-likeness (QED) is 0.780. The molecule has 1 atom stereocenters. The molecule has 1 amide bonds. The standard InChI is InChI=1S/C13H20N2O3S/c1-3-10(2)19(17,18)9-8-13(16)15-12-7-5-4-6-11(12)14/h4-7,10H,3,8-9,14H2,1-2H3,(H,15,16). The molecule has 1 rings (SSSR count). The number of hydrogen-bond acceptors (Lipinski definition) is 4. The average molecular weight is 284 g/mol. The van der Waals surface area contributed by atoms with E-state index < -0.39 is 15.1 Å². The number of nitrogen functional groups attached to an aromatic ring is 1. The molecule has 1 unspecified atom stereocenters. The maximum atomic E-state index is 11.8. The first-order valence-corrected chi connectivity index (χ1v) is 7.94. The number of nitrogens with two attached hydrogens (primary N) is 1. The second-order valence-electron chi connectivity index (χ2n) is 4.47. The van der Waals surface area contributed by atoms with Crippen LogP contribution in [0.1, 0.15) is 26.7 Å². The van der Waals surface area contributed by atoms with Crippen LogP contribution in [0.3, 0.4) is 0 Å². The van der Waals surface area contributed by atoms with Crippen LogP contribution in [-0.4, -0.2) is 25.3 Å². The van der Waals surface area contributed by atoms with Crippen LogP contribution in [0.4, 0.5) is 11.4 Å². The summed E-state index contributed by atoms with van der Waals surface area (Å²) in [6, 6.07) is 6.86. The number of anilines is 2. The van der Waals surface area contributed by atoms with Gasteiger partial charge in [-0.3, -0.25) is 4.79 Å². The van der Waals surface area contributed by atoms with Crippen molar-refractivity contribution in [1.82, 2.24) is 0 Å². The SMILES string of the molecule is CCC(C)S(=O)(=O)CCC(=O)Nc1ccccc1N. The number of amides is 1. The highest BCUT2D eigenvalue weighted by Crippen LogP contribution is 2.17. The summed E-state index contributed by atoms with van der Waals surface area (Å²) in [5, 5.41) is 2.20. The smallest absolute Gasteiger partial charge is 0.225 e. The van der Waals surface area contributed by atoms with E-state index >= 15 is 0 Å². The Balaban J connectivity index is 2.56. The van der Waals surface area contributed by atoms with Crippen LogP contribution >= 0.6 is 0 Å². The lowest BCUT2D eigenvalue weighted by Crippen LogP contribution is -2.24. The van der Waals surface area contributed by atoms with Crippen LogP contribution in [0.2, 0.25) is 0 Å². The predicted octanol–water partition coefficient (Wildman–Crippen LogP) is 1.81. The van der Waals surface area contributed by atoms with Gasteiger partial charge in [-0.1, -0.05) is 19.1 Å². The Morgan fingerprint density at radius 1 is 1.37 bits per heavy atom. The first-order valence-electron chi connectivity index (χ1n) is 6.22. The molecule has 0 heterocycles. The van der Waals surface area contributed by atoms with Crippen molar-refractivity contribution in [2.24, 2.45) is 0 Å². The summed E-state index contributed by atoms with van der Waals surface area (Å²) in [6.07, 6.45) is 0.497. The Morgan fingerprint density at radius 2 is 2.00 bits per heavy atom. The van der Waals surface area contributed by atoms with Gasteiger partial charge in [0.25, 0.3) is 0 Å². The van der Waals surface area contributed by atoms with Crippen molar-refractivity contribution >= 4 is 27.1 Å². The Labute approximate surface area is 114 Å². The molecule has 19 heavy (non-hydrogen) atoms. The van der Waals surface area contributed by atoms with E-state index in [1.54, 1.807) is 31.2 Å². The van der Waals surface area contributed by atoms with Crippen LogP contribution in [0.15, 0.2) is 24.3 Å². The largest absolute Gasteiger partial charge is 0.397 e. The number of benzene rings is 1. The summed E-state index contributed by atoms with van der Waals surface area (Å²) < 4.78 is 23.6. The van der Waals surface area contributed by atoms with Crippen molar-refractivity contribution in [2.75, 3.05) is 16.8 Å². The van der Waals surface area contributed by atoms with Gasteiger partial charge in [0, 0.05) is 6.42 Å². The predicted molar refractivity (Wildman–Crippen MR) is 77.6 cm³/mol. The molecular formula is C13H20N2O3S. The van der Waals surface area contributed by atoms with Crippen LogP contribution in [0.5, 0.6) is 0 Å². The minimum absolute atomic E-state index is 0.0546. The summed E-state index contributed by atoms with van der Waals surface area (Å²) >= 11 is 0. The van der Waals surface area contributed by atoms with Crippen LogP contribution in [-0.2, 0) is 14.6 Å². The van der Waals surface area contributed by atoms with Crippen molar-refractivity contribution in [2.45, 2.75) is 31.9 Å². The molecule has 1 aromatic carbocycles. The molecule has 0 bridgehead atoms. The molecule has 0 fully saturated rings. The average Bonchev–Trinajstić information content (AvgIpc) is 2.38. The van der Waals surface area contributed by atoms with E-state index in [1.165, 1.54) is 0 Å². The zero-order chi connectivity index (χ0) is 14.5. The maximum Gasteiger partial charge on any atom is 0.225 e. The first kappa shape index (κ1) is 15.5. The van der Waals surface area contributed by atoms with Crippen molar-refractivity contribution in [3.8, 4) is 0 Å². The summed E-state index contributed by atoms with van der Waals surface area (Å²) in [5.41, 5.74) is 6.65. The minimum Gasteiger partial charge on any atom is -0.397 e. The second-order valence-corrected chi connectivity index (χ2v) is 7.01. The van der Waals surface area contributed by atoms with Crippen molar-refractivity contribution in [1.29, 1.82) is 0 Å². The molecule has 0 spiro atoms. The van der Waals surface area contributed by atoms with E-state index in [9.17, 15) is 13.2 Å². The molecule has 3 N–H and O–H groups in total. The molecular weight excluding hydrogens is 264 g/mol. The molecule has 0 aliphatic carbocycles. The number of sulfone groups is 1. The Hall–Kier alpha value is -1.56. The summed E-state index contributed by atoms with van der Waals surface area (Å²) in [7, 11) is -3.20. The fourth-order valence-electron chi connectivity index (χ4n) is 1.51. The van der Waals surface area contributed by atoms with Gasteiger partial charge >= 0.3 is 0 Å². The number of hydrogen-bond donors (Lipinski definition) is 2. The van der Waals surface area contributed by atoms with E-state index in [0.717, 1.165) is 0 Å². The fraction of sp³-hybridized carbons (Fsp3) is 0.462. The van der Waals surface area contributed by atoms with Crippen molar-refractivity contribution < 1.29 is 13.2 Å². The molecule has 0 aliphatic heterocycles. The fourth-order valence-corrected chi connectivity index (χ4v) is 2.89. The van der Waals surface area contributed by atoms with Gasteiger partial charge in [-0.05, 0) is 25.5 Å². The number of para-hydroxylation sites is 2. The third-order valence-electron chi connectivity index (χ3n) is 3.04. The number of carbonyl (C=O) groups excluding carboxylic acids is 1. The van der Waals surface area contributed by atoms with Crippen LogP contribution in [0, 0.1) is 0 Å². The lowest BCUT2D eigenvalue weighted by molar-refractivity contribution is -0.115. The van der Waals surface area contributed by atoms with E-state index in [2.05, 4.69) is 5.32 Å². The molecule has 6 heteroatoms. The summed E-state index contributed by atoms with van der Waals surface area (Å²) in [4.78, 5) is 11.7. The van der Waals surface area contributed by atoms with E-state index in [0.29, 0.717) is 17.8 Å². The van der Waals surface area contributed by atoms with Gasteiger partial charge in [-0.25, -0.2) is 8.42 Å². The lowest BCUT2D eigenvalue weighted by Gasteiger charge is -2.11. The number of nitrogens with one attached hydrogen (secondary N) is 1. The third-order valence-corrected chi connectivity index (χ3v) is 5.37. The highest BCUT2D eigenvalue weighted by Gasteiger charge is 2.20. The molecule has 0 aromatic heterocycles. The van der Waals surface area contributed by atoms with Gasteiger partial charge < -0.3 is 11.1 Å². The van der Waals surface area contributed by atoms with E-state index in [-0.39, 0.29) is 18.1 Å². The van der Waals surface area contributed by atoms with E-state index in [1.807, 2.05) is 6.92 Å². The van der Waals surface area contributed by atoms with Gasteiger partial charge in [0.05, 0.1) is 22.4 Å². The lowest BCUT2D eigenvalue weighted by atomic mass is 10.2.